The van der Waals surface area contributed by atoms with Crippen LogP contribution in [0.25, 0.3) is 0 Å². The molecule has 3 rings (SSSR count). The number of benzene rings is 1. The first-order valence-electron chi connectivity index (χ1n) is 6.22. The molecule has 2 amide bonds. The van der Waals surface area contributed by atoms with Gasteiger partial charge in [-0.1, -0.05) is 0 Å². The van der Waals surface area contributed by atoms with Crippen molar-refractivity contribution in [3.8, 4) is 0 Å². The van der Waals surface area contributed by atoms with Gasteiger partial charge in [-0.2, -0.15) is 0 Å². The van der Waals surface area contributed by atoms with E-state index in [4.69, 9.17) is 0 Å². The van der Waals surface area contributed by atoms with Gasteiger partial charge in [-0.25, -0.2) is 4.79 Å². The Balaban J connectivity index is 1.81. The van der Waals surface area contributed by atoms with E-state index < -0.39 is 0 Å². The van der Waals surface area contributed by atoms with Gasteiger partial charge in [0, 0.05) is 36.8 Å². The van der Waals surface area contributed by atoms with Crippen LogP contribution < -0.4 is 10.2 Å². The summed E-state index contributed by atoms with van der Waals surface area (Å²) in [5.41, 5.74) is 1.01. The van der Waals surface area contributed by atoms with Crippen LogP contribution in [-0.2, 0) is 0 Å². The van der Waals surface area contributed by atoms with Crippen molar-refractivity contribution in [2.24, 2.45) is 0 Å². The van der Waals surface area contributed by atoms with Gasteiger partial charge in [-0.3, -0.25) is 4.90 Å². The zero-order valence-corrected chi connectivity index (χ0v) is 11.2. The molecule has 1 atom stereocenters. The van der Waals surface area contributed by atoms with E-state index in [1.165, 1.54) is 4.90 Å². The van der Waals surface area contributed by atoms with Crippen LogP contribution in [0.2, 0.25) is 0 Å². The average Bonchev–Trinajstić information content (AvgIpc) is 2.77. The summed E-state index contributed by atoms with van der Waals surface area (Å²) in [5, 5.41) is 3.34. The van der Waals surface area contributed by atoms with Crippen LogP contribution in [0.15, 0.2) is 29.2 Å². The summed E-state index contributed by atoms with van der Waals surface area (Å²) in [7, 11) is 0. The van der Waals surface area contributed by atoms with Crippen LogP contribution in [0.4, 0.5) is 10.5 Å². The molecule has 4 nitrogen and oxygen atoms in total. The van der Waals surface area contributed by atoms with Gasteiger partial charge < -0.3 is 10.2 Å². The second-order valence-electron chi connectivity index (χ2n) is 4.64. The van der Waals surface area contributed by atoms with Crippen molar-refractivity contribution >= 4 is 23.5 Å². The lowest BCUT2D eigenvalue weighted by Gasteiger charge is -2.28. The van der Waals surface area contributed by atoms with Crippen LogP contribution in [0.1, 0.15) is 0 Å². The van der Waals surface area contributed by atoms with Crippen molar-refractivity contribution in [1.29, 1.82) is 0 Å². The van der Waals surface area contributed by atoms with Gasteiger partial charge >= 0.3 is 6.03 Å². The Morgan fingerprint density at radius 2 is 2.11 bits per heavy atom. The lowest BCUT2D eigenvalue weighted by molar-refractivity contribution is 0.193. The molecule has 2 fully saturated rings. The molecule has 1 aromatic carbocycles. The molecule has 2 aliphatic rings. The maximum atomic E-state index is 12.3. The van der Waals surface area contributed by atoms with Gasteiger partial charge in [-0.15, -0.1) is 11.8 Å². The lowest BCUT2D eigenvalue weighted by atomic mass is 10.2. The Kier molecular flexibility index (Phi) is 3.18. The number of piperazine rings is 1. The molecule has 1 N–H and O–H groups in total. The zero-order valence-electron chi connectivity index (χ0n) is 10.4. The Hall–Kier alpha value is -1.20. The lowest BCUT2D eigenvalue weighted by Crippen LogP contribution is -2.49. The number of anilines is 1. The third-order valence-electron chi connectivity index (χ3n) is 3.60. The fraction of sp³-hybridized carbons (Fsp3) is 0.462. The van der Waals surface area contributed by atoms with Crippen molar-refractivity contribution in [3.63, 3.8) is 0 Å². The van der Waals surface area contributed by atoms with E-state index in [-0.39, 0.29) is 6.03 Å². The van der Waals surface area contributed by atoms with Crippen molar-refractivity contribution in [1.82, 2.24) is 10.2 Å². The number of carbonyl (C=O) groups is 1. The minimum absolute atomic E-state index is 0.151. The minimum atomic E-state index is 0.151. The van der Waals surface area contributed by atoms with E-state index in [1.54, 1.807) is 11.8 Å². The van der Waals surface area contributed by atoms with E-state index in [9.17, 15) is 4.79 Å². The van der Waals surface area contributed by atoms with Crippen molar-refractivity contribution in [3.05, 3.63) is 24.3 Å². The number of hydrogen-bond acceptors (Lipinski definition) is 3. The molecule has 2 saturated heterocycles. The molecule has 2 heterocycles. The highest BCUT2D eigenvalue weighted by Crippen LogP contribution is 2.26. The summed E-state index contributed by atoms with van der Waals surface area (Å²) < 4.78 is 0. The Bertz CT molecular complexity index is 448. The maximum Gasteiger partial charge on any atom is 0.324 e. The molecule has 0 radical (unpaired) electrons. The van der Waals surface area contributed by atoms with Gasteiger partial charge in [-0.05, 0) is 30.5 Å². The monoisotopic (exact) mass is 263 g/mol. The van der Waals surface area contributed by atoms with E-state index >= 15 is 0 Å². The number of carbonyl (C=O) groups excluding carboxylic acids is 1. The van der Waals surface area contributed by atoms with Crippen LogP contribution in [0.5, 0.6) is 0 Å². The third-order valence-corrected chi connectivity index (χ3v) is 4.35. The van der Waals surface area contributed by atoms with E-state index in [0.717, 1.165) is 31.9 Å². The van der Waals surface area contributed by atoms with Gasteiger partial charge in [0.05, 0.1) is 6.04 Å². The normalized spacial score (nSPS) is 23.4. The van der Waals surface area contributed by atoms with E-state index in [2.05, 4.69) is 23.7 Å². The first-order valence-corrected chi connectivity index (χ1v) is 7.45. The van der Waals surface area contributed by atoms with E-state index in [1.807, 2.05) is 21.9 Å². The van der Waals surface area contributed by atoms with Crippen molar-refractivity contribution in [2.45, 2.75) is 10.9 Å². The molecular weight excluding hydrogens is 246 g/mol. The number of nitrogens with zero attached hydrogens (tertiary/aromatic N) is 2. The number of thioether (sulfide) groups is 1. The molecular formula is C13H17N3OS. The van der Waals surface area contributed by atoms with Gasteiger partial charge in [0.2, 0.25) is 0 Å². The van der Waals surface area contributed by atoms with E-state index in [0.29, 0.717) is 6.04 Å². The zero-order chi connectivity index (χ0) is 12.5. The summed E-state index contributed by atoms with van der Waals surface area (Å²) in [5.74, 6) is 0. The first kappa shape index (κ1) is 11.9. The number of urea groups is 1. The van der Waals surface area contributed by atoms with Crippen LogP contribution in [0, 0.1) is 0 Å². The van der Waals surface area contributed by atoms with Gasteiger partial charge in [0.25, 0.3) is 0 Å². The molecule has 0 aromatic heterocycles. The summed E-state index contributed by atoms with van der Waals surface area (Å²) in [6, 6.07) is 8.70. The number of nitrogens with one attached hydrogen (secondary N) is 1. The average molecular weight is 263 g/mol. The maximum absolute atomic E-state index is 12.3. The topological polar surface area (TPSA) is 35.6 Å². The number of fused-ring (bicyclic) bond motifs is 1. The number of hydrogen-bond donors (Lipinski definition) is 1. The Morgan fingerprint density at radius 1 is 1.33 bits per heavy atom. The quantitative estimate of drug-likeness (QED) is 0.824. The van der Waals surface area contributed by atoms with Crippen LogP contribution >= 0.6 is 11.8 Å². The molecule has 96 valence electrons. The largest absolute Gasteiger partial charge is 0.324 e. The SMILES string of the molecule is CSc1ccc(N2CC3CNCCN3C2=O)cc1. The fourth-order valence-electron chi connectivity index (χ4n) is 2.60. The molecule has 1 aromatic rings. The first-order chi connectivity index (χ1) is 8.79. The van der Waals surface area contributed by atoms with Crippen LogP contribution in [0.3, 0.4) is 0 Å². The number of amides is 2. The second-order valence-corrected chi connectivity index (χ2v) is 5.52. The molecule has 0 aliphatic carbocycles. The van der Waals surface area contributed by atoms with Gasteiger partial charge in [0.1, 0.15) is 0 Å². The molecule has 0 bridgehead atoms. The molecule has 1 unspecified atom stereocenters. The predicted molar refractivity (Wildman–Crippen MR) is 74.3 cm³/mol. The molecule has 18 heavy (non-hydrogen) atoms. The minimum Gasteiger partial charge on any atom is -0.317 e. The molecule has 2 aliphatic heterocycles. The third kappa shape index (κ3) is 1.97. The number of rotatable bonds is 2. The summed E-state index contributed by atoms with van der Waals surface area (Å²) in [4.78, 5) is 17.4. The molecule has 0 spiro atoms. The Morgan fingerprint density at radius 3 is 2.78 bits per heavy atom. The van der Waals surface area contributed by atoms with Crippen molar-refractivity contribution < 1.29 is 4.79 Å². The second kappa shape index (κ2) is 4.82. The fourth-order valence-corrected chi connectivity index (χ4v) is 3.01. The van der Waals surface area contributed by atoms with Crippen LogP contribution in [-0.4, -0.2) is 49.4 Å². The highest BCUT2D eigenvalue weighted by molar-refractivity contribution is 7.98. The molecule has 0 saturated carbocycles. The summed E-state index contributed by atoms with van der Waals surface area (Å²) >= 11 is 1.72. The smallest absolute Gasteiger partial charge is 0.317 e. The summed E-state index contributed by atoms with van der Waals surface area (Å²) in [6.07, 6.45) is 2.06. The highest BCUT2D eigenvalue weighted by atomic mass is 32.2. The highest BCUT2D eigenvalue weighted by Gasteiger charge is 2.38. The van der Waals surface area contributed by atoms with Crippen molar-refractivity contribution in [2.75, 3.05) is 37.3 Å². The Labute approximate surface area is 111 Å². The molecule has 5 heteroatoms. The predicted octanol–water partition coefficient (Wildman–Crippen LogP) is 1.62. The standard InChI is InChI=1S/C13H17N3OS/c1-18-12-4-2-10(3-5-12)16-9-11-8-14-6-7-15(11)13(16)17/h2-5,11,14H,6-9H2,1H3. The van der Waals surface area contributed by atoms with Gasteiger partial charge in [0.15, 0.2) is 0 Å². The summed E-state index contributed by atoms with van der Waals surface area (Å²) in [6.45, 7) is 3.43.